The summed E-state index contributed by atoms with van der Waals surface area (Å²) < 4.78 is 21.5. The number of rotatable bonds is 7. The summed E-state index contributed by atoms with van der Waals surface area (Å²) >= 11 is 0. The second-order valence-electron chi connectivity index (χ2n) is 5.65. The summed E-state index contributed by atoms with van der Waals surface area (Å²) in [4.78, 5) is 0. The maximum atomic E-state index is 10.1. The third kappa shape index (κ3) is 4.26. The molecule has 1 aromatic carbocycles. The first-order valence-corrected chi connectivity index (χ1v) is 7.97. The van der Waals surface area contributed by atoms with Crippen molar-refractivity contribution in [2.45, 2.75) is 30.7 Å². The summed E-state index contributed by atoms with van der Waals surface area (Å²) in [6, 6.07) is 3.15. The van der Waals surface area contributed by atoms with Crippen molar-refractivity contribution in [3.8, 4) is 17.2 Å². The van der Waals surface area contributed by atoms with E-state index >= 15 is 0 Å². The van der Waals surface area contributed by atoms with Gasteiger partial charge in [-0.1, -0.05) is 12.2 Å². The lowest BCUT2D eigenvalue weighted by atomic mass is 9.99. The summed E-state index contributed by atoms with van der Waals surface area (Å²) in [7, 11) is 2.87. The molecule has 26 heavy (non-hydrogen) atoms. The number of hydrogen-bond acceptors (Lipinski definition) is 9. The Morgan fingerprint density at radius 1 is 1.04 bits per heavy atom. The lowest BCUT2D eigenvalue weighted by molar-refractivity contribution is -0.277. The minimum absolute atomic E-state index is 0.147. The van der Waals surface area contributed by atoms with Gasteiger partial charge in [0.05, 0.1) is 27.4 Å². The molecule has 1 saturated heterocycles. The Hall–Kier alpha value is -1.88. The maximum absolute atomic E-state index is 10.1. The summed E-state index contributed by atoms with van der Waals surface area (Å²) in [5.74, 6) is 0.851. The Kier molecular flexibility index (Phi) is 7.21. The van der Waals surface area contributed by atoms with Crippen LogP contribution in [0.1, 0.15) is 5.56 Å². The van der Waals surface area contributed by atoms with Crippen LogP contribution in [0.15, 0.2) is 18.2 Å². The number of aliphatic hydroxyl groups excluding tert-OH is 5. The largest absolute Gasteiger partial charge is 0.497 e. The normalized spacial score (nSPS) is 29.0. The second-order valence-corrected chi connectivity index (χ2v) is 5.65. The molecule has 0 aromatic heterocycles. The van der Waals surface area contributed by atoms with Crippen molar-refractivity contribution in [3.05, 3.63) is 23.8 Å². The highest BCUT2D eigenvalue weighted by Gasteiger charge is 2.45. The van der Waals surface area contributed by atoms with Crippen molar-refractivity contribution in [1.29, 1.82) is 0 Å². The molecule has 1 aromatic rings. The number of aliphatic hydroxyl groups is 5. The van der Waals surface area contributed by atoms with Crippen molar-refractivity contribution in [2.24, 2.45) is 0 Å². The molecule has 1 aliphatic rings. The minimum atomic E-state index is -1.56. The highest BCUT2D eigenvalue weighted by atomic mass is 16.7. The van der Waals surface area contributed by atoms with E-state index in [1.807, 2.05) is 0 Å². The van der Waals surface area contributed by atoms with Gasteiger partial charge in [0.15, 0.2) is 11.5 Å². The lowest BCUT2D eigenvalue weighted by Gasteiger charge is -2.39. The molecule has 1 heterocycles. The van der Waals surface area contributed by atoms with Gasteiger partial charge in [-0.15, -0.1) is 0 Å². The Morgan fingerprint density at radius 3 is 2.35 bits per heavy atom. The Morgan fingerprint density at radius 2 is 1.77 bits per heavy atom. The third-order valence-electron chi connectivity index (χ3n) is 3.99. The summed E-state index contributed by atoms with van der Waals surface area (Å²) in [5.41, 5.74) is 0.542. The fourth-order valence-electron chi connectivity index (χ4n) is 2.61. The molecule has 0 unspecified atom stereocenters. The molecule has 2 rings (SSSR count). The van der Waals surface area contributed by atoms with Crippen LogP contribution >= 0.6 is 0 Å². The van der Waals surface area contributed by atoms with Crippen LogP contribution < -0.4 is 14.2 Å². The Bertz CT molecular complexity index is 616. The first-order chi connectivity index (χ1) is 12.5. The summed E-state index contributed by atoms with van der Waals surface area (Å²) in [6.45, 7) is -0.742. The number of benzene rings is 1. The van der Waals surface area contributed by atoms with Gasteiger partial charge in [-0.3, -0.25) is 0 Å². The molecule has 0 radical (unpaired) electrons. The van der Waals surface area contributed by atoms with Crippen molar-refractivity contribution in [1.82, 2.24) is 0 Å². The zero-order valence-electron chi connectivity index (χ0n) is 14.5. The van der Waals surface area contributed by atoms with Gasteiger partial charge in [0.2, 0.25) is 6.29 Å². The van der Waals surface area contributed by atoms with E-state index in [2.05, 4.69) is 0 Å². The van der Waals surface area contributed by atoms with E-state index in [9.17, 15) is 20.4 Å². The second kappa shape index (κ2) is 9.17. The van der Waals surface area contributed by atoms with Gasteiger partial charge in [0, 0.05) is 11.6 Å². The van der Waals surface area contributed by atoms with Crippen LogP contribution in [0.3, 0.4) is 0 Å². The van der Waals surface area contributed by atoms with Gasteiger partial charge in [-0.25, -0.2) is 0 Å². The third-order valence-corrected chi connectivity index (χ3v) is 3.99. The first-order valence-electron chi connectivity index (χ1n) is 7.97. The predicted molar refractivity (Wildman–Crippen MR) is 90.1 cm³/mol. The van der Waals surface area contributed by atoms with Gasteiger partial charge in [-0.05, 0) is 6.07 Å². The van der Waals surface area contributed by atoms with Crippen molar-refractivity contribution in [2.75, 3.05) is 27.4 Å². The van der Waals surface area contributed by atoms with Crippen molar-refractivity contribution >= 4 is 6.08 Å². The highest BCUT2D eigenvalue weighted by Crippen LogP contribution is 2.38. The Balaban J connectivity index is 2.36. The van der Waals surface area contributed by atoms with E-state index in [1.165, 1.54) is 26.4 Å². The lowest BCUT2D eigenvalue weighted by Crippen LogP contribution is -2.60. The van der Waals surface area contributed by atoms with Crippen LogP contribution in [0.2, 0.25) is 0 Å². The van der Waals surface area contributed by atoms with Crippen molar-refractivity contribution in [3.63, 3.8) is 0 Å². The molecule has 0 saturated carbocycles. The SMILES string of the molecule is COc1cc(/C=C/CO)c(OC)c(O[C@@H]2O[C@H](CO)[C@@H](O)[C@H](O)[C@H]2O)c1. The molecule has 1 fully saturated rings. The molecular formula is C17H24O9. The maximum Gasteiger partial charge on any atom is 0.229 e. The molecule has 9 nitrogen and oxygen atoms in total. The molecule has 146 valence electrons. The molecule has 0 amide bonds. The van der Waals surface area contributed by atoms with Crippen LogP contribution in [0.25, 0.3) is 6.08 Å². The molecule has 5 atom stereocenters. The van der Waals surface area contributed by atoms with E-state index in [4.69, 9.17) is 24.1 Å². The molecule has 9 heteroatoms. The van der Waals surface area contributed by atoms with E-state index in [-0.39, 0.29) is 18.1 Å². The van der Waals surface area contributed by atoms with Gasteiger partial charge < -0.3 is 44.5 Å². The topological polar surface area (TPSA) is 138 Å². The average molecular weight is 372 g/mol. The Labute approximate surface area is 150 Å². The number of methoxy groups -OCH3 is 2. The van der Waals surface area contributed by atoms with Gasteiger partial charge in [0.1, 0.15) is 30.2 Å². The van der Waals surface area contributed by atoms with Crippen LogP contribution in [0, 0.1) is 0 Å². The fourth-order valence-corrected chi connectivity index (χ4v) is 2.61. The van der Waals surface area contributed by atoms with Gasteiger partial charge >= 0.3 is 0 Å². The van der Waals surface area contributed by atoms with E-state index in [0.29, 0.717) is 11.3 Å². The highest BCUT2D eigenvalue weighted by molar-refractivity contribution is 5.65. The van der Waals surface area contributed by atoms with Crippen LogP contribution in [-0.4, -0.2) is 83.7 Å². The van der Waals surface area contributed by atoms with Gasteiger partial charge in [-0.2, -0.15) is 0 Å². The molecule has 1 aliphatic heterocycles. The molecule has 0 spiro atoms. The quantitative estimate of drug-likeness (QED) is 0.403. The van der Waals surface area contributed by atoms with Crippen LogP contribution in [0.4, 0.5) is 0 Å². The molecule has 0 bridgehead atoms. The monoisotopic (exact) mass is 372 g/mol. The van der Waals surface area contributed by atoms with Crippen LogP contribution in [0.5, 0.6) is 17.2 Å². The summed E-state index contributed by atoms with van der Waals surface area (Å²) in [6.07, 6.45) is -3.96. The molecule has 0 aliphatic carbocycles. The minimum Gasteiger partial charge on any atom is -0.497 e. The fraction of sp³-hybridized carbons (Fsp3) is 0.529. The summed E-state index contributed by atoms with van der Waals surface area (Å²) in [5, 5.41) is 48.1. The molecule has 5 N–H and O–H groups in total. The van der Waals surface area contributed by atoms with Gasteiger partial charge in [0.25, 0.3) is 0 Å². The first kappa shape index (κ1) is 20.4. The van der Waals surface area contributed by atoms with Crippen molar-refractivity contribution < 1.29 is 44.5 Å². The number of ether oxygens (including phenoxy) is 4. The van der Waals surface area contributed by atoms with Crippen LogP contribution in [-0.2, 0) is 4.74 Å². The average Bonchev–Trinajstić information content (AvgIpc) is 2.66. The zero-order valence-corrected chi connectivity index (χ0v) is 14.5. The van der Waals surface area contributed by atoms with E-state index in [0.717, 1.165) is 0 Å². The molecular weight excluding hydrogens is 348 g/mol. The standard InChI is InChI=1S/C17H24O9/c1-23-10-6-9(4-3-5-18)16(24-2)11(7-10)25-17-15(22)14(21)13(20)12(8-19)26-17/h3-4,6-7,12-15,17-22H,5,8H2,1-2H3/b4-3+/t12-,13-,14+,15-,17-/m1/s1. The zero-order chi connectivity index (χ0) is 19.3. The smallest absolute Gasteiger partial charge is 0.229 e. The predicted octanol–water partition coefficient (Wildman–Crippen LogP) is -1.11. The number of hydrogen-bond donors (Lipinski definition) is 5. The van der Waals surface area contributed by atoms with E-state index < -0.39 is 37.3 Å². The van der Waals surface area contributed by atoms with E-state index in [1.54, 1.807) is 12.1 Å².